The number of hydrogen-bond donors (Lipinski definition) is 6. The lowest BCUT2D eigenvalue weighted by Crippen LogP contribution is -2.52. The number of hydrogen-bond acceptors (Lipinski definition) is 10. The highest BCUT2D eigenvalue weighted by Gasteiger charge is 2.48. The van der Waals surface area contributed by atoms with Crippen molar-refractivity contribution in [2.75, 3.05) is 13.1 Å². The van der Waals surface area contributed by atoms with Crippen molar-refractivity contribution in [1.82, 2.24) is 10.6 Å². The van der Waals surface area contributed by atoms with Crippen LogP contribution < -0.4 is 10.6 Å². The Kier molecular flexibility index (Phi) is 17.7. The molecule has 5 aromatic rings. The van der Waals surface area contributed by atoms with E-state index < -0.39 is 53.6 Å². The Morgan fingerprint density at radius 3 is 1.78 bits per heavy atom. The third kappa shape index (κ3) is 14.4. The minimum atomic E-state index is -4.48. The van der Waals surface area contributed by atoms with Gasteiger partial charge in [-0.3, -0.25) is 28.0 Å². The van der Waals surface area contributed by atoms with E-state index in [4.69, 9.17) is 5.11 Å². The first-order chi connectivity index (χ1) is 35.1. The van der Waals surface area contributed by atoms with Crippen LogP contribution >= 0.6 is 23.1 Å². The molecule has 6 N–H and O–H groups in total. The number of carbonyl (C=O) groups is 3. The average molecular weight is 1100 g/mol. The average Bonchev–Trinajstić information content (AvgIpc) is 3.37. The zero-order chi connectivity index (χ0) is 53.3. The lowest BCUT2D eigenvalue weighted by Gasteiger charge is -2.35. The molecule has 20 heteroatoms. The van der Waals surface area contributed by atoms with Crippen LogP contribution in [0.15, 0.2) is 182 Å². The molecule has 0 fully saturated rings. The van der Waals surface area contributed by atoms with E-state index in [1.54, 1.807) is 25.1 Å². The first-order valence-electron chi connectivity index (χ1n) is 23.1. The molecule has 7 rings (SSSR count). The second-order valence-electron chi connectivity index (χ2n) is 17.3. The summed E-state index contributed by atoms with van der Waals surface area (Å²) in [4.78, 5) is 42.2. The summed E-state index contributed by atoms with van der Waals surface area (Å²) in [5, 5.41) is 15.0. The molecule has 74 heavy (non-hydrogen) atoms. The molecule has 1 atom stereocenters. The van der Waals surface area contributed by atoms with E-state index in [9.17, 15) is 53.3 Å². The molecule has 2 aliphatic rings. The van der Waals surface area contributed by atoms with Gasteiger partial charge in [0.25, 0.3) is 30.4 Å². The van der Waals surface area contributed by atoms with Crippen LogP contribution in [0.3, 0.4) is 0 Å². The van der Waals surface area contributed by atoms with E-state index >= 15 is 0 Å². The van der Waals surface area contributed by atoms with Gasteiger partial charge in [-0.2, -0.15) is 25.3 Å². The molecule has 4 aromatic carbocycles. The highest BCUT2D eigenvalue weighted by atomic mass is 32.2. The first kappa shape index (κ1) is 55.1. The molecule has 0 spiro atoms. The van der Waals surface area contributed by atoms with Crippen LogP contribution in [0.1, 0.15) is 61.5 Å². The number of nitrogens with one attached hydrogen (secondary N) is 2. The number of unbranched alkanes of at least 4 members (excludes halogenated alkanes) is 2. The van der Waals surface area contributed by atoms with Gasteiger partial charge >= 0.3 is 5.97 Å². The topological polar surface area (TPSA) is 259 Å². The molecule has 1 aliphatic heterocycles. The quantitative estimate of drug-likeness (QED) is 0.0195. The SMILES string of the molecule is CCNC(=O)C1(C(=O)NCCCCCC(=O)O)CC(/C=C/c2cc(-c3ccc(S(=O)(=O)O)cc3)cc(-c3ccccc3)[s+]2)=CC(=C/C=C2\C=C(c3ccc(S(=O)(=O)O)cc3)C=C(c3ccc(S(=O)(=O)O)cc3)S2)/C1. The minimum absolute atomic E-state index is 0.00584. The van der Waals surface area contributed by atoms with Gasteiger partial charge in [0.1, 0.15) is 5.41 Å². The van der Waals surface area contributed by atoms with Gasteiger partial charge < -0.3 is 15.7 Å². The summed E-state index contributed by atoms with van der Waals surface area (Å²) in [5.74, 6) is -1.92. The maximum absolute atomic E-state index is 14.6. The van der Waals surface area contributed by atoms with E-state index in [0.29, 0.717) is 62.5 Å². The van der Waals surface area contributed by atoms with Crippen LogP contribution in [0.5, 0.6) is 0 Å². The summed E-state index contributed by atoms with van der Waals surface area (Å²) < 4.78 is 100. The second kappa shape index (κ2) is 23.7. The molecule has 0 saturated carbocycles. The van der Waals surface area contributed by atoms with Gasteiger partial charge in [0, 0.05) is 53.1 Å². The fourth-order valence-corrected chi connectivity index (χ4v) is 11.7. The molecule has 0 saturated heterocycles. The first-order valence-corrected chi connectivity index (χ1v) is 29.0. The Hall–Kier alpha value is -6.62. The molecule has 1 aromatic heterocycles. The molecule has 0 radical (unpaired) electrons. The monoisotopic (exact) mass is 1100 g/mol. The molecule has 1 aliphatic carbocycles. The molecule has 0 bridgehead atoms. The van der Waals surface area contributed by atoms with Gasteiger partial charge in [0.15, 0.2) is 0 Å². The highest BCUT2D eigenvalue weighted by molar-refractivity contribution is 8.12. The van der Waals surface area contributed by atoms with Crippen molar-refractivity contribution >= 4 is 87.8 Å². The molecular formula is C54H51N2O13S5+. The molecular weight excluding hydrogens is 1040 g/mol. The van der Waals surface area contributed by atoms with Crippen LogP contribution in [-0.4, -0.2) is 74.9 Å². The van der Waals surface area contributed by atoms with Gasteiger partial charge in [0.2, 0.25) is 32.9 Å². The van der Waals surface area contributed by atoms with E-state index in [2.05, 4.69) is 10.6 Å². The fraction of sp³-hybridized carbons (Fsp3) is 0.185. The molecule has 15 nitrogen and oxygen atoms in total. The smallest absolute Gasteiger partial charge is 0.303 e. The van der Waals surface area contributed by atoms with Crippen molar-refractivity contribution in [2.45, 2.75) is 60.1 Å². The number of carboxylic acid groups (broad SMARTS) is 1. The van der Waals surface area contributed by atoms with E-state index in [1.807, 2.05) is 78.9 Å². The maximum atomic E-state index is 14.6. The van der Waals surface area contributed by atoms with E-state index in [-0.39, 0.29) is 47.0 Å². The second-order valence-corrected chi connectivity index (χ2v) is 23.8. The normalized spacial score (nSPS) is 17.4. The number of carboxylic acids is 1. The Morgan fingerprint density at radius 2 is 1.20 bits per heavy atom. The highest BCUT2D eigenvalue weighted by Crippen LogP contribution is 2.44. The Labute approximate surface area is 438 Å². The third-order valence-electron chi connectivity index (χ3n) is 12.0. The zero-order valence-corrected chi connectivity index (χ0v) is 43.8. The fourth-order valence-electron chi connectivity index (χ4n) is 8.25. The Morgan fingerprint density at radius 1 is 0.622 bits per heavy atom. The van der Waals surface area contributed by atoms with Crippen molar-refractivity contribution in [1.29, 1.82) is 0 Å². The van der Waals surface area contributed by atoms with Crippen LogP contribution in [0.2, 0.25) is 0 Å². The zero-order valence-electron chi connectivity index (χ0n) is 39.7. The summed E-state index contributed by atoms with van der Waals surface area (Å²) >= 11 is 2.81. The van der Waals surface area contributed by atoms with Gasteiger partial charge in [-0.25, -0.2) is 0 Å². The minimum Gasteiger partial charge on any atom is -0.481 e. The maximum Gasteiger partial charge on any atom is 0.303 e. The summed E-state index contributed by atoms with van der Waals surface area (Å²) in [7, 11) is -13.4. The van der Waals surface area contributed by atoms with Crippen molar-refractivity contribution in [2.24, 2.45) is 5.41 Å². The van der Waals surface area contributed by atoms with E-state index in [1.165, 1.54) is 83.8 Å². The van der Waals surface area contributed by atoms with Crippen LogP contribution in [0.25, 0.3) is 38.1 Å². The van der Waals surface area contributed by atoms with Gasteiger partial charge in [-0.05, 0) is 138 Å². The van der Waals surface area contributed by atoms with Crippen molar-refractivity contribution in [3.05, 3.63) is 184 Å². The summed E-state index contributed by atoms with van der Waals surface area (Å²) in [6.07, 6.45) is 14.3. The number of thioether (sulfide) groups is 1. The number of benzene rings is 4. The standard InChI is InChI=1S/C54H50N2O13S5/c1-2-55-52(59)54(53(60)56-28-8-4-7-11-51(57)58)34-36(12-20-44-30-42(32-49(70-44)40-9-5-3-6-10-40)38-14-22-46(23-15-38)72(61,62)63)29-37(35-54)13-21-45-31-43(39-16-24-47(25-17-39)73(64,65)66)33-50(71-45)41-18-26-48(27-19-41)74(67,68)69/h3,5-6,9-10,12-27,29-33H,2,4,7-8,11,28,34-35H2,1H3,(H5-,55,56,57,58,59,60,61,62,63,64,65,66,67,68,69)/p+1. The van der Waals surface area contributed by atoms with Crippen molar-refractivity contribution in [3.8, 4) is 21.6 Å². The van der Waals surface area contributed by atoms with Gasteiger partial charge in [-0.15, -0.1) is 0 Å². The van der Waals surface area contributed by atoms with Crippen LogP contribution in [0.4, 0.5) is 0 Å². The largest absolute Gasteiger partial charge is 0.481 e. The molecule has 2 amide bonds. The molecule has 384 valence electrons. The number of amides is 2. The predicted octanol–water partition coefficient (Wildman–Crippen LogP) is 10.4. The Bertz CT molecular complexity index is 3500. The lowest BCUT2D eigenvalue weighted by atomic mass is 9.70. The predicted molar refractivity (Wildman–Crippen MR) is 288 cm³/mol. The Balaban J connectivity index is 1.32. The number of carbonyl (C=O) groups excluding carboxylic acids is 2. The number of rotatable bonds is 19. The molecule has 2 heterocycles. The van der Waals surface area contributed by atoms with Crippen molar-refractivity contribution < 1.29 is 58.4 Å². The summed E-state index contributed by atoms with van der Waals surface area (Å²) in [6.45, 7) is 2.19. The van der Waals surface area contributed by atoms with Crippen molar-refractivity contribution in [3.63, 3.8) is 0 Å². The van der Waals surface area contributed by atoms with E-state index in [0.717, 1.165) is 20.9 Å². The van der Waals surface area contributed by atoms with Crippen LogP contribution in [0, 0.1) is 5.41 Å². The summed E-state index contributed by atoms with van der Waals surface area (Å²) in [5.41, 5.74) is 3.76. The summed E-state index contributed by atoms with van der Waals surface area (Å²) in [6, 6.07) is 30.6. The number of aliphatic carboxylic acids is 1. The molecule has 1 unspecified atom stereocenters. The number of allylic oxidation sites excluding steroid dienone is 9. The van der Waals surface area contributed by atoms with Crippen LogP contribution in [-0.2, 0) is 44.7 Å². The van der Waals surface area contributed by atoms with Gasteiger partial charge in [-0.1, -0.05) is 91.0 Å². The lowest BCUT2D eigenvalue weighted by molar-refractivity contribution is -0.144. The third-order valence-corrected chi connectivity index (χ3v) is 16.7. The van der Waals surface area contributed by atoms with Gasteiger partial charge in [0.05, 0.1) is 14.7 Å².